The molecule has 0 unspecified atom stereocenters. The molecule has 0 spiro atoms. The van der Waals surface area contributed by atoms with Crippen molar-refractivity contribution in [2.45, 2.75) is 26.8 Å². The van der Waals surface area contributed by atoms with Crippen molar-refractivity contribution in [2.75, 3.05) is 6.54 Å². The number of amides is 1. The molecule has 0 radical (unpaired) electrons. The molecule has 0 atom stereocenters. The third-order valence-electron chi connectivity index (χ3n) is 2.57. The molecule has 4 heteroatoms. The van der Waals surface area contributed by atoms with E-state index >= 15 is 0 Å². The lowest BCUT2D eigenvalue weighted by atomic mass is 9.89. The molecule has 0 aliphatic carbocycles. The van der Waals surface area contributed by atoms with Crippen molar-refractivity contribution < 1.29 is 4.79 Å². The minimum absolute atomic E-state index is 0.0421. The van der Waals surface area contributed by atoms with Crippen LogP contribution in [0.4, 0.5) is 0 Å². The second-order valence-corrected chi connectivity index (χ2v) is 5.87. The SMILES string of the molecule is CC(C)(CN)CC(=O)NCc1cccc(Br)c1. The molecule has 0 fully saturated rings. The van der Waals surface area contributed by atoms with Crippen molar-refractivity contribution in [3.05, 3.63) is 34.3 Å². The summed E-state index contributed by atoms with van der Waals surface area (Å²) >= 11 is 3.40. The largest absolute Gasteiger partial charge is 0.352 e. The van der Waals surface area contributed by atoms with Gasteiger partial charge in [-0.05, 0) is 29.7 Å². The summed E-state index contributed by atoms with van der Waals surface area (Å²) in [5.74, 6) is 0.0421. The number of nitrogens with one attached hydrogen (secondary N) is 1. The number of nitrogens with two attached hydrogens (primary N) is 1. The lowest BCUT2D eigenvalue weighted by molar-refractivity contribution is -0.123. The van der Waals surface area contributed by atoms with Crippen LogP contribution in [0.15, 0.2) is 28.7 Å². The number of carbonyl (C=O) groups is 1. The maximum Gasteiger partial charge on any atom is 0.220 e. The van der Waals surface area contributed by atoms with Crippen LogP contribution in [0.3, 0.4) is 0 Å². The molecule has 0 aromatic heterocycles. The molecular formula is C13H19BrN2O. The summed E-state index contributed by atoms with van der Waals surface area (Å²) in [7, 11) is 0. The standard InChI is InChI=1S/C13H19BrN2O/c1-13(2,9-15)7-12(17)16-8-10-4-3-5-11(14)6-10/h3-6H,7-9,15H2,1-2H3,(H,16,17). The van der Waals surface area contributed by atoms with Crippen LogP contribution < -0.4 is 11.1 Å². The summed E-state index contributed by atoms with van der Waals surface area (Å²) < 4.78 is 1.02. The zero-order valence-corrected chi connectivity index (χ0v) is 11.9. The van der Waals surface area contributed by atoms with Crippen LogP contribution in [0.2, 0.25) is 0 Å². The van der Waals surface area contributed by atoms with Crippen LogP contribution in [0.5, 0.6) is 0 Å². The molecule has 0 saturated carbocycles. The summed E-state index contributed by atoms with van der Waals surface area (Å²) in [6.45, 7) is 5.05. The van der Waals surface area contributed by atoms with Gasteiger partial charge in [0.15, 0.2) is 0 Å². The van der Waals surface area contributed by atoms with Crippen LogP contribution in [-0.4, -0.2) is 12.5 Å². The highest BCUT2D eigenvalue weighted by Crippen LogP contribution is 2.17. The van der Waals surface area contributed by atoms with E-state index < -0.39 is 0 Å². The summed E-state index contributed by atoms with van der Waals surface area (Å²) in [5.41, 5.74) is 6.54. The maximum atomic E-state index is 11.7. The summed E-state index contributed by atoms with van der Waals surface area (Å²) in [4.78, 5) is 11.7. The molecule has 1 aromatic rings. The molecule has 3 nitrogen and oxygen atoms in total. The Morgan fingerprint density at radius 1 is 1.47 bits per heavy atom. The third-order valence-corrected chi connectivity index (χ3v) is 3.06. The lowest BCUT2D eigenvalue weighted by Crippen LogP contribution is -2.32. The van der Waals surface area contributed by atoms with Crippen LogP contribution >= 0.6 is 15.9 Å². The number of rotatable bonds is 5. The van der Waals surface area contributed by atoms with Crippen molar-refractivity contribution in [2.24, 2.45) is 11.1 Å². The number of benzene rings is 1. The highest BCUT2D eigenvalue weighted by Gasteiger charge is 2.19. The van der Waals surface area contributed by atoms with E-state index in [4.69, 9.17) is 5.73 Å². The van der Waals surface area contributed by atoms with Crippen molar-refractivity contribution in [1.82, 2.24) is 5.32 Å². The first kappa shape index (κ1) is 14.2. The molecule has 0 aliphatic heterocycles. The minimum atomic E-state index is -0.138. The number of carbonyl (C=O) groups excluding carboxylic acids is 1. The Hall–Kier alpha value is -0.870. The molecule has 1 amide bonds. The second-order valence-electron chi connectivity index (χ2n) is 4.95. The van der Waals surface area contributed by atoms with Gasteiger partial charge >= 0.3 is 0 Å². The minimum Gasteiger partial charge on any atom is -0.352 e. The Labute approximate surface area is 111 Å². The van der Waals surface area contributed by atoms with Gasteiger partial charge in [0.1, 0.15) is 0 Å². The second kappa shape index (κ2) is 6.17. The van der Waals surface area contributed by atoms with E-state index in [1.54, 1.807) is 0 Å². The fraction of sp³-hybridized carbons (Fsp3) is 0.462. The van der Waals surface area contributed by atoms with Crippen molar-refractivity contribution in [1.29, 1.82) is 0 Å². The molecule has 1 rings (SSSR count). The van der Waals surface area contributed by atoms with Gasteiger partial charge in [0.05, 0.1) is 0 Å². The van der Waals surface area contributed by atoms with Gasteiger partial charge in [0.2, 0.25) is 5.91 Å². The Bertz CT molecular complexity index is 391. The zero-order valence-electron chi connectivity index (χ0n) is 10.3. The molecule has 0 bridgehead atoms. The molecular weight excluding hydrogens is 280 g/mol. The van der Waals surface area contributed by atoms with E-state index in [2.05, 4.69) is 21.2 Å². The Kier molecular flexibility index (Phi) is 5.15. The van der Waals surface area contributed by atoms with E-state index in [1.165, 1.54) is 0 Å². The quantitative estimate of drug-likeness (QED) is 0.877. The normalized spacial score (nSPS) is 11.3. The molecule has 94 valence electrons. The summed E-state index contributed by atoms with van der Waals surface area (Å²) in [6.07, 6.45) is 0.456. The van der Waals surface area contributed by atoms with Gasteiger partial charge in [-0.15, -0.1) is 0 Å². The topological polar surface area (TPSA) is 55.1 Å². The average Bonchev–Trinajstić information content (AvgIpc) is 2.26. The average molecular weight is 299 g/mol. The monoisotopic (exact) mass is 298 g/mol. The van der Waals surface area contributed by atoms with Gasteiger partial charge in [0, 0.05) is 17.4 Å². The van der Waals surface area contributed by atoms with E-state index in [-0.39, 0.29) is 11.3 Å². The highest BCUT2D eigenvalue weighted by molar-refractivity contribution is 9.10. The van der Waals surface area contributed by atoms with Gasteiger partial charge in [-0.25, -0.2) is 0 Å². The number of hydrogen-bond donors (Lipinski definition) is 2. The lowest BCUT2D eigenvalue weighted by Gasteiger charge is -2.21. The van der Waals surface area contributed by atoms with Gasteiger partial charge in [-0.1, -0.05) is 41.9 Å². The fourth-order valence-corrected chi connectivity index (χ4v) is 1.86. The molecule has 0 heterocycles. The highest BCUT2D eigenvalue weighted by atomic mass is 79.9. The Morgan fingerprint density at radius 2 is 2.18 bits per heavy atom. The van der Waals surface area contributed by atoms with Crippen LogP contribution in [0.1, 0.15) is 25.8 Å². The van der Waals surface area contributed by atoms with E-state index in [9.17, 15) is 4.79 Å². The van der Waals surface area contributed by atoms with Crippen LogP contribution in [0.25, 0.3) is 0 Å². The molecule has 17 heavy (non-hydrogen) atoms. The van der Waals surface area contributed by atoms with Gasteiger partial charge < -0.3 is 11.1 Å². The first-order valence-corrected chi connectivity index (χ1v) is 6.43. The van der Waals surface area contributed by atoms with Gasteiger partial charge in [0.25, 0.3) is 0 Å². The molecule has 3 N–H and O–H groups in total. The first-order chi connectivity index (χ1) is 7.93. The summed E-state index contributed by atoms with van der Waals surface area (Å²) in [5, 5.41) is 2.90. The van der Waals surface area contributed by atoms with Gasteiger partial charge in [-0.2, -0.15) is 0 Å². The van der Waals surface area contributed by atoms with Crippen molar-refractivity contribution >= 4 is 21.8 Å². The van der Waals surface area contributed by atoms with Crippen LogP contribution in [0, 0.1) is 5.41 Å². The first-order valence-electron chi connectivity index (χ1n) is 5.64. The van der Waals surface area contributed by atoms with Crippen molar-refractivity contribution in [3.8, 4) is 0 Å². The predicted octanol–water partition coefficient (Wildman–Crippen LogP) is 2.44. The fourth-order valence-electron chi connectivity index (χ4n) is 1.42. The molecule has 0 saturated heterocycles. The van der Waals surface area contributed by atoms with Crippen LogP contribution in [-0.2, 0) is 11.3 Å². The summed E-state index contributed by atoms with van der Waals surface area (Å²) in [6, 6.07) is 7.89. The smallest absolute Gasteiger partial charge is 0.220 e. The van der Waals surface area contributed by atoms with E-state index in [0.29, 0.717) is 19.5 Å². The third kappa shape index (κ3) is 5.33. The molecule has 1 aromatic carbocycles. The van der Waals surface area contributed by atoms with E-state index in [0.717, 1.165) is 10.0 Å². The Morgan fingerprint density at radius 3 is 2.76 bits per heavy atom. The van der Waals surface area contributed by atoms with Gasteiger partial charge in [-0.3, -0.25) is 4.79 Å². The maximum absolute atomic E-state index is 11.7. The van der Waals surface area contributed by atoms with Crippen molar-refractivity contribution in [3.63, 3.8) is 0 Å². The predicted molar refractivity (Wildman–Crippen MR) is 73.4 cm³/mol. The van der Waals surface area contributed by atoms with E-state index in [1.807, 2.05) is 38.1 Å². The zero-order chi connectivity index (χ0) is 12.9. The Balaban J connectivity index is 2.44. The number of hydrogen-bond acceptors (Lipinski definition) is 2. The molecule has 0 aliphatic rings. The number of halogens is 1.